The van der Waals surface area contributed by atoms with Crippen LogP contribution in [0.5, 0.6) is 0 Å². The quantitative estimate of drug-likeness (QED) is 0.634. The van der Waals surface area contributed by atoms with Crippen LogP contribution in [0.2, 0.25) is 5.02 Å². The van der Waals surface area contributed by atoms with Gasteiger partial charge in [-0.05, 0) is 47.2 Å². The van der Waals surface area contributed by atoms with Crippen LogP contribution in [-0.2, 0) is 0 Å². The molecule has 0 heterocycles. The smallest absolute Gasteiger partial charge is 0.134 e. The molecule has 0 saturated heterocycles. The number of fused-ring (bicyclic) bond motifs is 1. The van der Waals surface area contributed by atoms with Crippen LogP contribution in [0.1, 0.15) is 5.56 Å². The molecule has 0 aliphatic carbocycles. The van der Waals surface area contributed by atoms with Crippen molar-refractivity contribution in [1.82, 2.24) is 0 Å². The largest absolute Gasteiger partial charge is 0.346 e. The summed E-state index contributed by atoms with van der Waals surface area (Å²) in [5.41, 5.74) is 1.16. The molecular weight excluding hydrogens is 305 g/mol. The Labute approximate surface area is 132 Å². The highest BCUT2D eigenvalue weighted by molar-refractivity contribution is 7.81. The number of halogens is 2. The first-order valence-electron chi connectivity index (χ1n) is 6.39. The molecule has 0 saturated carbocycles. The highest BCUT2D eigenvalue weighted by Gasteiger charge is 2.10. The van der Waals surface area contributed by atoms with E-state index in [-0.39, 0.29) is 5.82 Å². The summed E-state index contributed by atoms with van der Waals surface area (Å²) in [6, 6.07) is 18.0. The molecular formula is C17H11ClFNS. The van der Waals surface area contributed by atoms with E-state index in [2.05, 4.69) is 5.32 Å². The van der Waals surface area contributed by atoms with Gasteiger partial charge < -0.3 is 5.32 Å². The molecule has 0 aliphatic rings. The fourth-order valence-electron chi connectivity index (χ4n) is 2.12. The molecule has 0 bridgehead atoms. The van der Waals surface area contributed by atoms with Crippen molar-refractivity contribution in [1.29, 1.82) is 0 Å². The van der Waals surface area contributed by atoms with Gasteiger partial charge in [-0.3, -0.25) is 0 Å². The summed E-state index contributed by atoms with van der Waals surface area (Å²) in [5.74, 6) is -0.333. The van der Waals surface area contributed by atoms with E-state index < -0.39 is 0 Å². The van der Waals surface area contributed by atoms with Gasteiger partial charge in [0, 0.05) is 16.3 Å². The van der Waals surface area contributed by atoms with Gasteiger partial charge in [-0.15, -0.1) is 0 Å². The predicted molar refractivity (Wildman–Crippen MR) is 90.7 cm³/mol. The van der Waals surface area contributed by atoms with Crippen LogP contribution >= 0.6 is 23.8 Å². The normalized spacial score (nSPS) is 10.6. The summed E-state index contributed by atoms with van der Waals surface area (Å²) in [7, 11) is 0. The lowest BCUT2D eigenvalue weighted by molar-refractivity contribution is 0.627. The molecule has 1 nitrogen and oxygen atoms in total. The molecule has 3 aromatic rings. The van der Waals surface area contributed by atoms with Gasteiger partial charge in [0.25, 0.3) is 0 Å². The van der Waals surface area contributed by atoms with Gasteiger partial charge in [0.2, 0.25) is 0 Å². The van der Waals surface area contributed by atoms with Crippen LogP contribution in [0.4, 0.5) is 10.1 Å². The SMILES string of the molecule is Fc1cc2ccccc2cc1C(=S)Nc1ccc(Cl)cc1. The lowest BCUT2D eigenvalue weighted by Gasteiger charge is -2.10. The summed E-state index contributed by atoms with van der Waals surface area (Å²) in [6.45, 7) is 0. The molecule has 1 N–H and O–H groups in total. The van der Waals surface area contributed by atoms with Gasteiger partial charge in [0.1, 0.15) is 10.8 Å². The molecule has 0 fully saturated rings. The number of benzene rings is 3. The lowest BCUT2D eigenvalue weighted by Crippen LogP contribution is -2.12. The molecule has 3 rings (SSSR count). The van der Waals surface area contributed by atoms with Crippen LogP contribution in [0.15, 0.2) is 60.7 Å². The maximum absolute atomic E-state index is 14.2. The van der Waals surface area contributed by atoms with Crippen molar-refractivity contribution in [2.45, 2.75) is 0 Å². The number of nitrogens with one attached hydrogen (secondary N) is 1. The van der Waals surface area contributed by atoms with Crippen LogP contribution in [-0.4, -0.2) is 4.99 Å². The van der Waals surface area contributed by atoms with Crippen molar-refractivity contribution in [2.75, 3.05) is 5.32 Å². The van der Waals surface area contributed by atoms with E-state index in [0.717, 1.165) is 16.5 Å². The fourth-order valence-corrected chi connectivity index (χ4v) is 2.52. The summed E-state index contributed by atoms with van der Waals surface area (Å²) in [6.07, 6.45) is 0. The first-order chi connectivity index (χ1) is 10.1. The first kappa shape index (κ1) is 14.0. The van der Waals surface area contributed by atoms with Gasteiger partial charge in [0.15, 0.2) is 0 Å². The highest BCUT2D eigenvalue weighted by atomic mass is 35.5. The molecule has 0 radical (unpaired) electrons. The number of anilines is 1. The monoisotopic (exact) mass is 315 g/mol. The van der Waals surface area contributed by atoms with Crippen molar-refractivity contribution in [3.8, 4) is 0 Å². The standard InChI is InChI=1S/C17H11ClFNS/c18-13-5-7-14(8-6-13)20-17(21)15-9-11-3-1-2-4-12(11)10-16(15)19/h1-10H,(H,20,21). The van der Waals surface area contributed by atoms with E-state index in [1.807, 2.05) is 24.3 Å². The fraction of sp³-hybridized carbons (Fsp3) is 0. The van der Waals surface area contributed by atoms with E-state index in [0.29, 0.717) is 15.6 Å². The average molecular weight is 316 g/mol. The number of rotatable bonds is 2. The van der Waals surface area contributed by atoms with Crippen LogP contribution in [0.3, 0.4) is 0 Å². The molecule has 0 aliphatic heterocycles. The Morgan fingerprint density at radius 3 is 2.24 bits per heavy atom. The third-order valence-electron chi connectivity index (χ3n) is 3.18. The Morgan fingerprint density at radius 1 is 0.952 bits per heavy atom. The molecule has 0 atom stereocenters. The van der Waals surface area contributed by atoms with Crippen molar-refractivity contribution < 1.29 is 4.39 Å². The Kier molecular flexibility index (Phi) is 3.86. The highest BCUT2D eigenvalue weighted by Crippen LogP contribution is 2.21. The number of hydrogen-bond donors (Lipinski definition) is 1. The molecule has 4 heteroatoms. The second-order valence-electron chi connectivity index (χ2n) is 4.64. The molecule has 104 valence electrons. The molecule has 0 unspecified atom stereocenters. The Balaban J connectivity index is 1.93. The molecule has 0 amide bonds. The summed E-state index contributed by atoms with van der Waals surface area (Å²) >= 11 is 11.1. The van der Waals surface area contributed by atoms with Gasteiger partial charge in [0.05, 0.1) is 0 Å². The topological polar surface area (TPSA) is 12.0 Å². The van der Waals surface area contributed by atoms with Crippen molar-refractivity contribution >= 4 is 45.3 Å². The summed E-state index contributed by atoms with van der Waals surface area (Å²) in [5, 5.41) is 5.47. The lowest BCUT2D eigenvalue weighted by atomic mass is 10.1. The van der Waals surface area contributed by atoms with Crippen LogP contribution in [0.25, 0.3) is 10.8 Å². The number of thiocarbonyl (C=S) groups is 1. The third-order valence-corrected chi connectivity index (χ3v) is 3.76. The van der Waals surface area contributed by atoms with E-state index in [9.17, 15) is 4.39 Å². The zero-order valence-electron chi connectivity index (χ0n) is 10.9. The minimum Gasteiger partial charge on any atom is -0.346 e. The average Bonchev–Trinajstić information content (AvgIpc) is 2.49. The molecule has 0 aromatic heterocycles. The second kappa shape index (κ2) is 5.80. The number of hydrogen-bond acceptors (Lipinski definition) is 1. The summed E-state index contributed by atoms with van der Waals surface area (Å²) in [4.78, 5) is 0.348. The maximum atomic E-state index is 14.2. The predicted octanol–water partition coefficient (Wildman–Crippen LogP) is 5.42. The van der Waals surface area contributed by atoms with Crippen molar-refractivity contribution in [2.24, 2.45) is 0 Å². The minimum atomic E-state index is -0.333. The van der Waals surface area contributed by atoms with Gasteiger partial charge >= 0.3 is 0 Å². The zero-order valence-corrected chi connectivity index (χ0v) is 12.5. The minimum absolute atomic E-state index is 0.333. The first-order valence-corrected chi connectivity index (χ1v) is 7.17. The van der Waals surface area contributed by atoms with E-state index >= 15 is 0 Å². The Morgan fingerprint density at radius 2 is 1.57 bits per heavy atom. The zero-order chi connectivity index (χ0) is 14.8. The van der Waals surface area contributed by atoms with Crippen molar-refractivity contribution in [3.05, 3.63) is 77.1 Å². The summed E-state index contributed by atoms with van der Waals surface area (Å²) < 4.78 is 14.2. The van der Waals surface area contributed by atoms with Crippen LogP contribution < -0.4 is 5.32 Å². The van der Waals surface area contributed by atoms with Crippen molar-refractivity contribution in [3.63, 3.8) is 0 Å². The van der Waals surface area contributed by atoms with Gasteiger partial charge in [-0.1, -0.05) is 48.1 Å². The Hall–Kier alpha value is -1.97. The van der Waals surface area contributed by atoms with Gasteiger partial charge in [-0.25, -0.2) is 4.39 Å². The molecule has 21 heavy (non-hydrogen) atoms. The third kappa shape index (κ3) is 3.04. The van der Waals surface area contributed by atoms with E-state index in [1.165, 1.54) is 6.07 Å². The van der Waals surface area contributed by atoms with E-state index in [4.69, 9.17) is 23.8 Å². The van der Waals surface area contributed by atoms with E-state index in [1.54, 1.807) is 30.3 Å². The molecule has 3 aromatic carbocycles. The van der Waals surface area contributed by atoms with Gasteiger partial charge in [-0.2, -0.15) is 0 Å². The second-order valence-corrected chi connectivity index (χ2v) is 5.48. The molecule has 0 spiro atoms. The maximum Gasteiger partial charge on any atom is 0.134 e. The van der Waals surface area contributed by atoms with Crippen LogP contribution in [0, 0.1) is 5.82 Å². The Bertz CT molecular complexity index is 815.